The van der Waals surface area contributed by atoms with Crippen molar-refractivity contribution in [1.29, 1.82) is 0 Å². The summed E-state index contributed by atoms with van der Waals surface area (Å²) in [5, 5.41) is 15.3. The first kappa shape index (κ1) is 27.3. The Kier molecular flexibility index (Phi) is 13.0. The molecule has 168 valence electrons. The zero-order chi connectivity index (χ0) is 21.8. The molecular weight excluding hydrogens is 418 g/mol. The van der Waals surface area contributed by atoms with Crippen LogP contribution >= 0.6 is 12.4 Å². The highest BCUT2D eigenvalue weighted by Crippen LogP contribution is 2.22. The molecule has 1 saturated heterocycles. The lowest BCUT2D eigenvalue weighted by molar-refractivity contribution is -0.141. The van der Waals surface area contributed by atoms with E-state index in [0.717, 1.165) is 0 Å². The molecule has 0 radical (unpaired) electrons. The van der Waals surface area contributed by atoms with Crippen molar-refractivity contribution in [1.82, 2.24) is 16.0 Å². The van der Waals surface area contributed by atoms with Gasteiger partial charge in [-0.1, -0.05) is 24.1 Å². The van der Waals surface area contributed by atoms with E-state index in [4.69, 9.17) is 11.1 Å². The summed E-state index contributed by atoms with van der Waals surface area (Å²) in [7, 11) is 1.21. The third-order valence-corrected chi connectivity index (χ3v) is 4.48. The third kappa shape index (κ3) is 9.19. The Morgan fingerprint density at radius 2 is 1.83 bits per heavy atom. The Bertz CT molecular complexity index is 692. The van der Waals surface area contributed by atoms with E-state index in [2.05, 4.69) is 40.7 Å². The molecule has 4 atom stereocenters. The predicted molar refractivity (Wildman–Crippen MR) is 111 cm³/mol. The number of carbonyl (C=O) groups is 3. The zero-order valence-electron chi connectivity index (χ0n) is 17.1. The van der Waals surface area contributed by atoms with E-state index in [-0.39, 0.29) is 49.9 Å². The van der Waals surface area contributed by atoms with E-state index >= 15 is 0 Å². The maximum Gasteiger partial charge on any atom is 0.325 e. The van der Waals surface area contributed by atoms with Gasteiger partial charge in [-0.3, -0.25) is 14.4 Å². The number of azide groups is 2. The maximum absolute atomic E-state index is 12.8. The van der Waals surface area contributed by atoms with E-state index in [0.29, 0.717) is 12.8 Å². The monoisotopic (exact) mass is 445 g/mol. The van der Waals surface area contributed by atoms with Gasteiger partial charge in [-0.25, -0.2) is 0 Å². The van der Waals surface area contributed by atoms with Crippen molar-refractivity contribution in [2.24, 2.45) is 22.1 Å². The second kappa shape index (κ2) is 14.3. The minimum Gasteiger partial charge on any atom is -0.468 e. The van der Waals surface area contributed by atoms with Crippen molar-refractivity contribution in [2.75, 3.05) is 26.7 Å². The van der Waals surface area contributed by atoms with Crippen LogP contribution < -0.4 is 16.0 Å². The normalized spacial score (nSPS) is 20.7. The number of carbonyl (C=O) groups excluding carboxylic acids is 3. The van der Waals surface area contributed by atoms with Crippen molar-refractivity contribution < 1.29 is 19.1 Å². The summed E-state index contributed by atoms with van der Waals surface area (Å²) < 4.78 is 4.49. The lowest BCUT2D eigenvalue weighted by Crippen LogP contribution is -2.54. The number of nitrogens with zero attached hydrogens (tertiary/aromatic N) is 6. The van der Waals surface area contributed by atoms with Gasteiger partial charge < -0.3 is 20.7 Å². The lowest BCUT2D eigenvalue weighted by atomic mass is 9.97. The first-order chi connectivity index (χ1) is 13.8. The van der Waals surface area contributed by atoms with Gasteiger partial charge >= 0.3 is 5.97 Å². The van der Waals surface area contributed by atoms with E-state index in [1.165, 1.54) is 7.11 Å². The highest BCUT2D eigenvalue weighted by atomic mass is 35.5. The van der Waals surface area contributed by atoms with E-state index in [1.807, 2.05) is 13.8 Å². The predicted octanol–water partition coefficient (Wildman–Crippen LogP) is 1.20. The Hall–Kier alpha value is -2.72. The fourth-order valence-electron chi connectivity index (χ4n) is 3.15. The van der Waals surface area contributed by atoms with Gasteiger partial charge in [-0.15, -0.1) is 12.4 Å². The average Bonchev–Trinajstić information content (AvgIpc) is 3.10. The number of esters is 1. The zero-order valence-corrected chi connectivity index (χ0v) is 18.0. The SMILES string of the molecule is COC(=O)CNC(=O)[C@H](CC(C)C)NC(=O)[C@@H]1N[C@@H](CN=[N+]=[N-])C[C@H]1CN=[N+]=[N-].Cl. The topological polar surface area (TPSA) is 194 Å². The minimum atomic E-state index is -0.842. The molecule has 30 heavy (non-hydrogen) atoms. The molecule has 0 unspecified atom stereocenters. The van der Waals surface area contributed by atoms with E-state index < -0.39 is 29.9 Å². The molecule has 14 heteroatoms. The van der Waals surface area contributed by atoms with Crippen LogP contribution in [0, 0.1) is 11.8 Å². The quantitative estimate of drug-likeness (QED) is 0.185. The fraction of sp³-hybridized carbons (Fsp3) is 0.812. The van der Waals surface area contributed by atoms with E-state index in [9.17, 15) is 14.4 Å². The van der Waals surface area contributed by atoms with Gasteiger partial charge in [0.25, 0.3) is 0 Å². The largest absolute Gasteiger partial charge is 0.468 e. The summed E-state index contributed by atoms with van der Waals surface area (Å²) in [5.74, 6) is -1.71. The number of hydrogen-bond donors (Lipinski definition) is 3. The second-order valence-corrected chi connectivity index (χ2v) is 7.15. The van der Waals surface area contributed by atoms with Crippen molar-refractivity contribution >= 4 is 30.2 Å². The van der Waals surface area contributed by atoms with Crippen LogP contribution in [-0.2, 0) is 19.1 Å². The van der Waals surface area contributed by atoms with Crippen LogP contribution in [0.3, 0.4) is 0 Å². The van der Waals surface area contributed by atoms with Crippen LogP contribution in [0.25, 0.3) is 20.9 Å². The highest BCUT2D eigenvalue weighted by molar-refractivity contribution is 5.91. The molecule has 0 aromatic heterocycles. The molecular formula is C16H28ClN9O4. The van der Waals surface area contributed by atoms with Crippen LogP contribution in [0.15, 0.2) is 10.2 Å². The van der Waals surface area contributed by atoms with Gasteiger partial charge in [0.1, 0.15) is 12.6 Å². The van der Waals surface area contributed by atoms with Gasteiger partial charge in [-0.05, 0) is 35.7 Å². The number of halogens is 1. The Balaban J connectivity index is 0.00000841. The minimum absolute atomic E-state index is 0. The number of nitrogens with one attached hydrogen (secondary N) is 3. The van der Waals surface area contributed by atoms with Gasteiger partial charge in [-0.2, -0.15) is 0 Å². The number of methoxy groups -OCH3 is 1. The second-order valence-electron chi connectivity index (χ2n) is 7.15. The molecule has 0 bridgehead atoms. The van der Waals surface area contributed by atoms with Crippen LogP contribution in [0.4, 0.5) is 0 Å². The lowest BCUT2D eigenvalue weighted by Gasteiger charge is -2.24. The maximum atomic E-state index is 12.8. The van der Waals surface area contributed by atoms with Crippen molar-refractivity contribution in [2.45, 2.75) is 44.8 Å². The standard InChI is InChI=1S/C16H27N9O4.ClH/c1-9(2)4-12(15(27)19-8-13(26)29-3)23-16(28)14-10(6-20-24-17)5-11(22-14)7-21-25-18;/h9-12,14,22H,4-8H2,1-3H3,(H,19,27)(H,23,28);1H/t10-,11+,12-,14+;/m0./s1. The smallest absolute Gasteiger partial charge is 0.325 e. The Morgan fingerprint density at radius 3 is 2.40 bits per heavy atom. The molecule has 1 aliphatic heterocycles. The molecule has 1 rings (SSSR count). The molecule has 2 amide bonds. The van der Waals surface area contributed by atoms with Crippen LogP contribution in [0.1, 0.15) is 26.7 Å². The molecule has 1 heterocycles. The molecule has 0 saturated carbocycles. The summed E-state index contributed by atoms with van der Waals surface area (Å²) in [5.41, 5.74) is 17.1. The number of ether oxygens (including phenoxy) is 1. The highest BCUT2D eigenvalue weighted by Gasteiger charge is 2.38. The molecule has 0 aromatic carbocycles. The molecule has 3 N–H and O–H groups in total. The number of amides is 2. The fourth-order valence-corrected chi connectivity index (χ4v) is 3.15. The summed E-state index contributed by atoms with van der Waals surface area (Å²) >= 11 is 0. The third-order valence-electron chi connectivity index (χ3n) is 4.48. The number of rotatable bonds is 11. The Morgan fingerprint density at radius 1 is 1.20 bits per heavy atom. The van der Waals surface area contributed by atoms with E-state index in [1.54, 1.807) is 0 Å². The molecule has 0 spiro atoms. The summed E-state index contributed by atoms with van der Waals surface area (Å²) in [6.45, 7) is 3.76. The van der Waals surface area contributed by atoms with Crippen molar-refractivity contribution in [3.8, 4) is 0 Å². The summed E-state index contributed by atoms with van der Waals surface area (Å²) in [4.78, 5) is 42.0. The van der Waals surface area contributed by atoms with Gasteiger partial charge in [0.2, 0.25) is 11.8 Å². The van der Waals surface area contributed by atoms with Crippen LogP contribution in [-0.4, -0.2) is 62.7 Å². The Labute approximate surface area is 180 Å². The molecule has 0 aromatic rings. The molecule has 13 nitrogen and oxygen atoms in total. The molecule has 0 aliphatic carbocycles. The van der Waals surface area contributed by atoms with Crippen molar-refractivity contribution in [3.05, 3.63) is 20.9 Å². The van der Waals surface area contributed by atoms with Gasteiger partial charge in [0, 0.05) is 29.0 Å². The van der Waals surface area contributed by atoms with Gasteiger partial charge in [0.15, 0.2) is 0 Å². The number of hydrogen-bond acceptors (Lipinski definition) is 7. The van der Waals surface area contributed by atoms with Crippen molar-refractivity contribution in [3.63, 3.8) is 0 Å². The summed E-state index contributed by atoms with van der Waals surface area (Å²) in [6, 6.07) is -1.79. The average molecular weight is 446 g/mol. The molecule has 1 aliphatic rings. The van der Waals surface area contributed by atoms with Crippen LogP contribution in [0.2, 0.25) is 0 Å². The van der Waals surface area contributed by atoms with Crippen LogP contribution in [0.5, 0.6) is 0 Å². The first-order valence-corrected chi connectivity index (χ1v) is 9.25. The molecule has 1 fully saturated rings. The first-order valence-electron chi connectivity index (χ1n) is 9.25. The van der Waals surface area contributed by atoms with Gasteiger partial charge in [0.05, 0.1) is 13.2 Å². The summed E-state index contributed by atoms with van der Waals surface area (Å²) in [6.07, 6.45) is 0.855.